The molecule has 3 rings (SSSR count). The maximum atomic E-state index is 9.10. The van der Waals surface area contributed by atoms with Crippen LogP contribution in [0.25, 0.3) is 11.0 Å². The van der Waals surface area contributed by atoms with E-state index in [1.807, 2.05) is 18.2 Å². The molecule has 1 fully saturated rings. The first-order valence-electron chi connectivity index (χ1n) is 7.21. The van der Waals surface area contributed by atoms with Crippen molar-refractivity contribution in [3.05, 3.63) is 29.6 Å². The molecule has 2 aromatic rings. The molecule has 1 aromatic carbocycles. The number of hydrogen-bond acceptors (Lipinski definition) is 2. The van der Waals surface area contributed by atoms with Crippen LogP contribution in [0.1, 0.15) is 43.6 Å². The van der Waals surface area contributed by atoms with Gasteiger partial charge in [0.05, 0.1) is 22.7 Å². The van der Waals surface area contributed by atoms with Gasteiger partial charge in [0.15, 0.2) is 0 Å². The fraction of sp³-hybridized carbons (Fsp3) is 0.500. The molecule has 1 heterocycles. The summed E-state index contributed by atoms with van der Waals surface area (Å²) in [4.78, 5) is 4.71. The largest absolute Gasteiger partial charge is 0.325 e. The summed E-state index contributed by atoms with van der Waals surface area (Å²) in [7, 11) is 0. The van der Waals surface area contributed by atoms with E-state index >= 15 is 0 Å². The van der Waals surface area contributed by atoms with Crippen LogP contribution < -0.4 is 0 Å². The molecule has 1 saturated carbocycles. The Morgan fingerprint density at radius 2 is 2.30 bits per heavy atom. The summed E-state index contributed by atoms with van der Waals surface area (Å²) < 4.78 is 2.31. The molecule has 20 heavy (non-hydrogen) atoms. The molecule has 0 aliphatic heterocycles. The number of aromatic nitrogens is 2. The lowest BCUT2D eigenvalue weighted by Gasteiger charge is -2.33. The van der Waals surface area contributed by atoms with E-state index in [1.165, 1.54) is 19.3 Å². The van der Waals surface area contributed by atoms with Crippen LogP contribution in [0, 0.1) is 17.2 Å². The van der Waals surface area contributed by atoms with Crippen LogP contribution in [0.3, 0.4) is 0 Å². The molecule has 0 N–H and O–H groups in total. The van der Waals surface area contributed by atoms with Gasteiger partial charge in [-0.05, 0) is 43.9 Å². The number of fused-ring (bicyclic) bond motifs is 1. The highest BCUT2D eigenvalue weighted by Crippen LogP contribution is 2.38. The minimum Gasteiger partial charge on any atom is -0.325 e. The smallest absolute Gasteiger partial charge is 0.111 e. The Labute approximate surface area is 124 Å². The lowest BCUT2D eigenvalue weighted by atomic mass is 9.80. The second kappa shape index (κ2) is 5.46. The lowest BCUT2D eigenvalue weighted by Crippen LogP contribution is -2.24. The first-order valence-corrected chi connectivity index (χ1v) is 7.75. The zero-order chi connectivity index (χ0) is 14.1. The fourth-order valence-corrected chi connectivity index (χ4v) is 3.23. The predicted molar refractivity (Wildman–Crippen MR) is 80.9 cm³/mol. The molecule has 0 bridgehead atoms. The standard InChI is InChI=1S/C16H18ClN3/c1-11(13-3-2-4-13)20-15-9-12(10-18)5-6-14(15)19-16(20)7-8-17/h5-6,9,11,13H,2-4,7-8H2,1H3. The zero-order valence-electron chi connectivity index (χ0n) is 11.6. The molecule has 1 aliphatic carbocycles. The molecule has 3 nitrogen and oxygen atoms in total. The molecule has 0 radical (unpaired) electrons. The van der Waals surface area contributed by atoms with E-state index in [0.29, 0.717) is 17.5 Å². The summed E-state index contributed by atoms with van der Waals surface area (Å²) in [5.41, 5.74) is 2.73. The number of aryl methyl sites for hydroxylation is 1. The molecule has 0 spiro atoms. The number of nitriles is 1. The van der Waals surface area contributed by atoms with Gasteiger partial charge in [-0.2, -0.15) is 5.26 Å². The van der Waals surface area contributed by atoms with Crippen LogP contribution in [0.5, 0.6) is 0 Å². The number of halogens is 1. The molecule has 1 aliphatic rings. The summed E-state index contributed by atoms with van der Waals surface area (Å²) in [5.74, 6) is 2.35. The number of imidazole rings is 1. The minimum absolute atomic E-state index is 0.431. The van der Waals surface area contributed by atoms with Gasteiger partial charge in [-0.1, -0.05) is 6.42 Å². The van der Waals surface area contributed by atoms with Crippen LogP contribution in [0.2, 0.25) is 0 Å². The SMILES string of the molecule is CC(C1CCC1)n1c(CCCl)nc2ccc(C#N)cc21. The molecule has 1 unspecified atom stereocenters. The number of benzene rings is 1. The topological polar surface area (TPSA) is 41.6 Å². The Morgan fingerprint density at radius 3 is 2.90 bits per heavy atom. The highest BCUT2D eigenvalue weighted by atomic mass is 35.5. The van der Waals surface area contributed by atoms with Crippen molar-refractivity contribution in [2.75, 3.05) is 5.88 Å². The average molecular weight is 288 g/mol. The highest BCUT2D eigenvalue weighted by molar-refractivity contribution is 6.17. The average Bonchev–Trinajstić information content (AvgIpc) is 2.73. The molecular weight excluding hydrogens is 270 g/mol. The quantitative estimate of drug-likeness (QED) is 0.796. The third-order valence-corrected chi connectivity index (χ3v) is 4.64. The van der Waals surface area contributed by atoms with Crippen LogP contribution in [0.4, 0.5) is 0 Å². The fourth-order valence-electron chi connectivity index (χ4n) is 3.06. The van der Waals surface area contributed by atoms with Crippen molar-refractivity contribution >= 4 is 22.6 Å². The normalized spacial score (nSPS) is 16.9. The second-order valence-electron chi connectivity index (χ2n) is 5.58. The molecule has 0 amide bonds. The maximum absolute atomic E-state index is 9.10. The summed E-state index contributed by atoms with van der Waals surface area (Å²) in [6, 6.07) is 8.37. The summed E-state index contributed by atoms with van der Waals surface area (Å²) in [5, 5.41) is 9.10. The first kappa shape index (κ1) is 13.5. The maximum Gasteiger partial charge on any atom is 0.111 e. The highest BCUT2D eigenvalue weighted by Gasteiger charge is 2.27. The van der Waals surface area contributed by atoms with E-state index in [-0.39, 0.29) is 0 Å². The van der Waals surface area contributed by atoms with E-state index in [9.17, 15) is 0 Å². The van der Waals surface area contributed by atoms with E-state index < -0.39 is 0 Å². The Balaban J connectivity index is 2.13. The van der Waals surface area contributed by atoms with Gasteiger partial charge in [0, 0.05) is 18.3 Å². The van der Waals surface area contributed by atoms with Crippen LogP contribution in [0.15, 0.2) is 18.2 Å². The predicted octanol–water partition coefficient (Wildman–Crippen LogP) is 4.05. The van der Waals surface area contributed by atoms with Gasteiger partial charge in [0.1, 0.15) is 5.82 Å². The van der Waals surface area contributed by atoms with E-state index in [1.54, 1.807) is 0 Å². The van der Waals surface area contributed by atoms with Gasteiger partial charge in [-0.25, -0.2) is 4.98 Å². The van der Waals surface area contributed by atoms with Crippen molar-refractivity contribution < 1.29 is 0 Å². The van der Waals surface area contributed by atoms with Crippen molar-refractivity contribution in [1.82, 2.24) is 9.55 Å². The number of rotatable bonds is 4. The van der Waals surface area contributed by atoms with E-state index in [4.69, 9.17) is 21.8 Å². The summed E-state index contributed by atoms with van der Waals surface area (Å²) >= 11 is 5.92. The molecule has 104 valence electrons. The van der Waals surface area contributed by atoms with Gasteiger partial charge < -0.3 is 4.57 Å². The third-order valence-electron chi connectivity index (χ3n) is 4.45. The molecule has 1 atom stereocenters. The number of hydrogen-bond donors (Lipinski definition) is 0. The van der Waals surface area contributed by atoms with Crippen LogP contribution in [-0.4, -0.2) is 15.4 Å². The second-order valence-corrected chi connectivity index (χ2v) is 5.96. The van der Waals surface area contributed by atoms with Gasteiger partial charge in [0.2, 0.25) is 0 Å². The van der Waals surface area contributed by atoms with E-state index in [0.717, 1.165) is 29.2 Å². The van der Waals surface area contributed by atoms with Gasteiger partial charge in [-0.3, -0.25) is 0 Å². The lowest BCUT2D eigenvalue weighted by molar-refractivity contribution is 0.223. The third kappa shape index (κ3) is 2.19. The van der Waals surface area contributed by atoms with E-state index in [2.05, 4.69) is 17.6 Å². The van der Waals surface area contributed by atoms with Crippen LogP contribution >= 0.6 is 11.6 Å². The Bertz CT molecular complexity index is 664. The zero-order valence-corrected chi connectivity index (χ0v) is 12.4. The van der Waals surface area contributed by atoms with Crippen molar-refractivity contribution in [3.63, 3.8) is 0 Å². The summed E-state index contributed by atoms with van der Waals surface area (Å²) in [6.07, 6.45) is 4.68. The van der Waals surface area contributed by atoms with Crippen LogP contribution in [-0.2, 0) is 6.42 Å². The first-order chi connectivity index (χ1) is 9.74. The molecular formula is C16H18ClN3. The van der Waals surface area contributed by atoms with Crippen molar-refractivity contribution in [1.29, 1.82) is 5.26 Å². The molecule has 4 heteroatoms. The van der Waals surface area contributed by atoms with Crippen molar-refractivity contribution in [2.24, 2.45) is 5.92 Å². The van der Waals surface area contributed by atoms with Gasteiger partial charge in [-0.15, -0.1) is 11.6 Å². The monoisotopic (exact) mass is 287 g/mol. The van der Waals surface area contributed by atoms with Gasteiger partial charge >= 0.3 is 0 Å². The molecule has 1 aromatic heterocycles. The van der Waals surface area contributed by atoms with Crippen molar-refractivity contribution in [3.8, 4) is 6.07 Å². The summed E-state index contributed by atoms with van der Waals surface area (Å²) in [6.45, 7) is 2.27. The van der Waals surface area contributed by atoms with Crippen molar-refractivity contribution in [2.45, 2.75) is 38.6 Å². The Kier molecular flexibility index (Phi) is 3.67. The minimum atomic E-state index is 0.431. The van der Waals surface area contributed by atoms with Gasteiger partial charge in [0.25, 0.3) is 0 Å². The molecule has 0 saturated heterocycles. The number of nitrogens with zero attached hydrogens (tertiary/aromatic N) is 3. The Hall–Kier alpha value is -1.53. The Morgan fingerprint density at radius 1 is 1.50 bits per heavy atom. The number of alkyl halides is 1.